The number of anilines is 2. The van der Waals surface area contributed by atoms with Crippen molar-refractivity contribution in [2.75, 3.05) is 23.4 Å². The van der Waals surface area contributed by atoms with Gasteiger partial charge in [-0.1, -0.05) is 30.3 Å². The number of nitrogens with one attached hydrogen (secondary N) is 1. The quantitative estimate of drug-likeness (QED) is 0.689. The number of hydrogen-bond acceptors (Lipinski definition) is 5. The Bertz CT molecular complexity index is 1100. The number of hydrogen-bond donors (Lipinski definition) is 1. The molecule has 0 spiro atoms. The summed E-state index contributed by atoms with van der Waals surface area (Å²) in [5.41, 5.74) is 1.40. The van der Waals surface area contributed by atoms with E-state index < -0.39 is 5.92 Å². The lowest BCUT2D eigenvalue weighted by Crippen LogP contribution is -2.33. The van der Waals surface area contributed by atoms with Crippen molar-refractivity contribution in [1.29, 1.82) is 0 Å². The number of benzene rings is 2. The van der Waals surface area contributed by atoms with E-state index in [1.807, 2.05) is 54.6 Å². The molecule has 0 bridgehead atoms. The van der Waals surface area contributed by atoms with E-state index in [0.717, 1.165) is 11.4 Å². The maximum absolute atomic E-state index is 12.7. The molecule has 3 aromatic rings. The van der Waals surface area contributed by atoms with Crippen molar-refractivity contribution in [3.63, 3.8) is 0 Å². The van der Waals surface area contributed by atoms with E-state index in [0.29, 0.717) is 31.1 Å². The van der Waals surface area contributed by atoms with Crippen LogP contribution in [0.1, 0.15) is 6.42 Å². The zero-order valence-electron chi connectivity index (χ0n) is 16.8. The molecule has 2 amide bonds. The van der Waals surface area contributed by atoms with Gasteiger partial charge in [0.1, 0.15) is 6.61 Å². The summed E-state index contributed by atoms with van der Waals surface area (Å²) < 4.78 is 13.4. The number of nitrogens with zero attached hydrogens (tertiary/aromatic N) is 3. The largest absolute Gasteiger partial charge is 0.486 e. The summed E-state index contributed by atoms with van der Waals surface area (Å²) in [5, 5.41) is 7.19. The summed E-state index contributed by atoms with van der Waals surface area (Å²) in [6.45, 7) is 1.29. The first kappa shape index (κ1) is 19.2. The Morgan fingerprint density at radius 2 is 1.87 bits per heavy atom. The molecule has 3 heterocycles. The molecule has 1 fully saturated rings. The first-order chi connectivity index (χ1) is 15.2. The number of rotatable bonds is 5. The second-order valence-corrected chi connectivity index (χ2v) is 7.68. The first-order valence-electron chi connectivity index (χ1n) is 10.2. The monoisotopic (exact) mass is 418 g/mol. The maximum atomic E-state index is 12.7. The minimum Gasteiger partial charge on any atom is -0.486 e. The van der Waals surface area contributed by atoms with Crippen molar-refractivity contribution >= 4 is 23.2 Å². The topological polar surface area (TPSA) is 85.7 Å². The van der Waals surface area contributed by atoms with Crippen LogP contribution in [0.3, 0.4) is 0 Å². The smallest absolute Gasteiger partial charge is 0.229 e. The Labute approximate surface area is 179 Å². The van der Waals surface area contributed by atoms with Crippen molar-refractivity contribution in [1.82, 2.24) is 9.78 Å². The van der Waals surface area contributed by atoms with Crippen LogP contribution in [0.15, 0.2) is 67.0 Å². The zero-order chi connectivity index (χ0) is 21.2. The SMILES string of the molecule is O=C(Nc1cnn(CC2COc3ccccc3O2)c1)C1CC(=O)N(c2ccccc2)C1. The molecule has 8 nitrogen and oxygen atoms in total. The van der Waals surface area contributed by atoms with Gasteiger partial charge in [-0.3, -0.25) is 14.3 Å². The molecule has 2 aliphatic rings. The van der Waals surface area contributed by atoms with Crippen molar-refractivity contribution in [2.24, 2.45) is 5.92 Å². The van der Waals surface area contributed by atoms with Crippen LogP contribution in [0.25, 0.3) is 0 Å². The van der Waals surface area contributed by atoms with Crippen LogP contribution in [0.5, 0.6) is 11.5 Å². The number of aromatic nitrogens is 2. The van der Waals surface area contributed by atoms with Gasteiger partial charge < -0.3 is 19.7 Å². The van der Waals surface area contributed by atoms with Crippen LogP contribution >= 0.6 is 0 Å². The third-order valence-electron chi connectivity index (χ3n) is 5.42. The Hall–Kier alpha value is -3.81. The summed E-state index contributed by atoms with van der Waals surface area (Å²) in [5.74, 6) is 0.827. The number of fused-ring (bicyclic) bond motifs is 1. The molecule has 0 radical (unpaired) electrons. The van der Waals surface area contributed by atoms with Crippen LogP contribution in [-0.4, -0.2) is 40.9 Å². The maximum Gasteiger partial charge on any atom is 0.229 e. The highest BCUT2D eigenvalue weighted by atomic mass is 16.6. The average Bonchev–Trinajstić information content (AvgIpc) is 3.40. The zero-order valence-corrected chi connectivity index (χ0v) is 16.8. The molecule has 2 aliphatic heterocycles. The van der Waals surface area contributed by atoms with E-state index in [1.54, 1.807) is 22.0 Å². The third kappa shape index (κ3) is 4.09. The van der Waals surface area contributed by atoms with Crippen molar-refractivity contribution in [3.05, 3.63) is 67.0 Å². The minimum atomic E-state index is -0.400. The molecular formula is C23H22N4O4. The molecule has 2 unspecified atom stereocenters. The van der Waals surface area contributed by atoms with Gasteiger partial charge in [-0.15, -0.1) is 0 Å². The van der Waals surface area contributed by atoms with E-state index in [9.17, 15) is 9.59 Å². The number of carbonyl (C=O) groups is 2. The van der Waals surface area contributed by atoms with Crippen LogP contribution in [0.2, 0.25) is 0 Å². The molecule has 1 aromatic heterocycles. The van der Waals surface area contributed by atoms with Gasteiger partial charge >= 0.3 is 0 Å². The van der Waals surface area contributed by atoms with Gasteiger partial charge in [-0.25, -0.2) is 0 Å². The lowest BCUT2D eigenvalue weighted by molar-refractivity contribution is -0.122. The number of carbonyl (C=O) groups excluding carboxylic acids is 2. The highest BCUT2D eigenvalue weighted by molar-refractivity contribution is 6.03. The van der Waals surface area contributed by atoms with Gasteiger partial charge in [0.2, 0.25) is 11.8 Å². The Morgan fingerprint density at radius 3 is 2.71 bits per heavy atom. The highest BCUT2D eigenvalue weighted by Crippen LogP contribution is 2.31. The molecule has 5 rings (SSSR count). The molecule has 0 saturated carbocycles. The second-order valence-electron chi connectivity index (χ2n) is 7.68. The lowest BCUT2D eigenvalue weighted by atomic mass is 10.1. The third-order valence-corrected chi connectivity index (χ3v) is 5.42. The summed E-state index contributed by atoms with van der Waals surface area (Å²) in [6.07, 6.45) is 3.38. The summed E-state index contributed by atoms with van der Waals surface area (Å²) in [7, 11) is 0. The van der Waals surface area contributed by atoms with Gasteiger partial charge in [-0.05, 0) is 24.3 Å². The molecule has 0 aliphatic carbocycles. The molecule has 8 heteroatoms. The average molecular weight is 418 g/mol. The van der Waals surface area contributed by atoms with Crippen LogP contribution in [-0.2, 0) is 16.1 Å². The van der Waals surface area contributed by atoms with Crippen molar-refractivity contribution in [2.45, 2.75) is 19.1 Å². The Balaban J connectivity index is 1.18. The normalized spacial score (nSPS) is 20.0. The Morgan fingerprint density at radius 1 is 1.10 bits per heavy atom. The summed E-state index contributed by atoms with van der Waals surface area (Å²) in [6, 6.07) is 17.0. The van der Waals surface area contributed by atoms with E-state index >= 15 is 0 Å². The van der Waals surface area contributed by atoms with Gasteiger partial charge in [0.15, 0.2) is 17.6 Å². The molecule has 31 heavy (non-hydrogen) atoms. The fraction of sp³-hybridized carbons (Fsp3) is 0.261. The molecule has 158 valence electrons. The van der Waals surface area contributed by atoms with Crippen molar-refractivity contribution in [3.8, 4) is 11.5 Å². The van der Waals surface area contributed by atoms with E-state index in [-0.39, 0.29) is 24.3 Å². The summed E-state index contributed by atoms with van der Waals surface area (Å²) in [4.78, 5) is 26.7. The molecular weight excluding hydrogens is 396 g/mol. The van der Waals surface area contributed by atoms with Crippen LogP contribution < -0.4 is 19.7 Å². The van der Waals surface area contributed by atoms with Gasteiger partial charge in [0.05, 0.1) is 24.3 Å². The Kier molecular flexibility index (Phi) is 5.03. The first-order valence-corrected chi connectivity index (χ1v) is 10.2. The number of amides is 2. The fourth-order valence-corrected chi connectivity index (χ4v) is 3.87. The van der Waals surface area contributed by atoms with E-state index in [4.69, 9.17) is 9.47 Å². The predicted molar refractivity (Wildman–Crippen MR) is 114 cm³/mol. The van der Waals surface area contributed by atoms with Crippen LogP contribution in [0, 0.1) is 5.92 Å². The minimum absolute atomic E-state index is 0.0447. The van der Waals surface area contributed by atoms with E-state index in [2.05, 4.69) is 10.4 Å². The highest BCUT2D eigenvalue weighted by Gasteiger charge is 2.35. The standard InChI is InChI=1S/C23H22N4O4/c28-22-10-16(12-27(22)18-6-2-1-3-7-18)23(29)25-17-11-24-26(13-17)14-19-15-30-20-8-4-5-9-21(20)31-19/h1-9,11,13,16,19H,10,12,14-15H2,(H,25,29). The molecule has 1 saturated heterocycles. The number of ether oxygens (including phenoxy) is 2. The number of para-hydroxylation sites is 3. The van der Waals surface area contributed by atoms with Crippen molar-refractivity contribution < 1.29 is 19.1 Å². The second kappa shape index (κ2) is 8.14. The fourth-order valence-electron chi connectivity index (χ4n) is 3.87. The molecule has 2 aromatic carbocycles. The predicted octanol–water partition coefficient (Wildman–Crippen LogP) is 2.71. The summed E-state index contributed by atoms with van der Waals surface area (Å²) >= 11 is 0. The van der Waals surface area contributed by atoms with Gasteiger partial charge in [0, 0.05) is 24.8 Å². The van der Waals surface area contributed by atoms with E-state index in [1.165, 1.54) is 0 Å². The lowest BCUT2D eigenvalue weighted by Gasteiger charge is -2.26. The molecule has 2 atom stereocenters. The molecule has 1 N–H and O–H groups in total. The van der Waals surface area contributed by atoms with Crippen LogP contribution in [0.4, 0.5) is 11.4 Å². The van der Waals surface area contributed by atoms with Gasteiger partial charge in [0.25, 0.3) is 0 Å². The van der Waals surface area contributed by atoms with Gasteiger partial charge in [-0.2, -0.15) is 5.10 Å².